The van der Waals surface area contributed by atoms with Crippen LogP contribution in [0.1, 0.15) is 24.4 Å². The number of halogens is 1. The summed E-state index contributed by atoms with van der Waals surface area (Å²) in [5.41, 5.74) is 1.52. The number of carbonyl (C=O) groups is 1. The molecule has 1 saturated heterocycles. The molecule has 0 saturated carbocycles. The minimum Gasteiger partial charge on any atom is -0.411 e. The molecule has 84 valence electrons. The molecule has 0 spiro atoms. The van der Waals surface area contributed by atoms with Gasteiger partial charge in [-0.15, -0.1) is 0 Å². The monoisotopic (exact) mass is 282 g/mol. The minimum absolute atomic E-state index is 0.0136. The van der Waals surface area contributed by atoms with Gasteiger partial charge < -0.3 is 10.5 Å². The molecule has 1 heterocycles. The minimum atomic E-state index is -0.306. The molecule has 1 unspecified atom stereocenters. The van der Waals surface area contributed by atoms with Crippen molar-refractivity contribution in [2.24, 2.45) is 5.16 Å². The molecule has 1 aromatic carbocycles. The summed E-state index contributed by atoms with van der Waals surface area (Å²) in [7, 11) is 0. The Labute approximate surface area is 101 Å². The second kappa shape index (κ2) is 4.65. The van der Waals surface area contributed by atoms with Gasteiger partial charge in [-0.3, -0.25) is 4.79 Å². The quantitative estimate of drug-likeness (QED) is 0.613. The summed E-state index contributed by atoms with van der Waals surface area (Å²) in [5.74, 6) is -0.0136. The van der Waals surface area contributed by atoms with Crippen LogP contribution in [-0.4, -0.2) is 16.8 Å². The van der Waals surface area contributed by atoms with Crippen molar-refractivity contribution in [2.75, 3.05) is 0 Å². The fraction of sp³-hybridized carbons (Fsp3) is 0.273. The number of benzene rings is 1. The van der Waals surface area contributed by atoms with Crippen LogP contribution in [0.2, 0.25) is 0 Å². The fourth-order valence-electron chi connectivity index (χ4n) is 1.74. The molecule has 1 fully saturated rings. The van der Waals surface area contributed by atoms with Gasteiger partial charge in [0.2, 0.25) is 5.91 Å². The molecular formula is C11H11BrN2O2. The first-order valence-corrected chi connectivity index (χ1v) is 5.75. The van der Waals surface area contributed by atoms with Crippen molar-refractivity contribution in [1.29, 1.82) is 0 Å². The van der Waals surface area contributed by atoms with E-state index in [1.165, 1.54) is 0 Å². The van der Waals surface area contributed by atoms with E-state index in [2.05, 4.69) is 26.4 Å². The standard InChI is InChI=1S/C11H11BrN2O2/c12-8-3-1-7(2-4-8)11-9(14-16)5-6-10(15)13-11/h1-4,11,16H,5-6H2,(H,13,15)/b14-9+. The fourth-order valence-corrected chi connectivity index (χ4v) is 2.01. The first-order valence-electron chi connectivity index (χ1n) is 4.96. The lowest BCUT2D eigenvalue weighted by atomic mass is 9.95. The number of piperidine rings is 1. The highest BCUT2D eigenvalue weighted by Gasteiger charge is 2.26. The van der Waals surface area contributed by atoms with E-state index in [1.54, 1.807) is 0 Å². The van der Waals surface area contributed by atoms with Crippen LogP contribution >= 0.6 is 15.9 Å². The van der Waals surface area contributed by atoms with Gasteiger partial charge in [0.25, 0.3) is 0 Å². The van der Waals surface area contributed by atoms with E-state index in [-0.39, 0.29) is 11.9 Å². The smallest absolute Gasteiger partial charge is 0.221 e. The van der Waals surface area contributed by atoms with Crippen LogP contribution in [0.25, 0.3) is 0 Å². The maximum Gasteiger partial charge on any atom is 0.221 e. The van der Waals surface area contributed by atoms with Gasteiger partial charge in [-0.1, -0.05) is 33.2 Å². The van der Waals surface area contributed by atoms with E-state index in [4.69, 9.17) is 5.21 Å². The predicted molar refractivity (Wildman–Crippen MR) is 63.5 cm³/mol. The van der Waals surface area contributed by atoms with Crippen molar-refractivity contribution in [3.8, 4) is 0 Å². The highest BCUT2D eigenvalue weighted by atomic mass is 79.9. The number of hydrogen-bond acceptors (Lipinski definition) is 3. The molecule has 1 aromatic rings. The zero-order valence-electron chi connectivity index (χ0n) is 8.48. The maximum absolute atomic E-state index is 11.3. The molecule has 2 N–H and O–H groups in total. The summed E-state index contributed by atoms with van der Waals surface area (Å²) in [6.07, 6.45) is 0.884. The van der Waals surface area contributed by atoms with Gasteiger partial charge in [0.05, 0.1) is 11.8 Å². The van der Waals surface area contributed by atoms with Crippen molar-refractivity contribution in [2.45, 2.75) is 18.9 Å². The zero-order valence-corrected chi connectivity index (χ0v) is 10.1. The Morgan fingerprint density at radius 3 is 2.62 bits per heavy atom. The lowest BCUT2D eigenvalue weighted by Crippen LogP contribution is -2.38. The van der Waals surface area contributed by atoms with Crippen LogP contribution < -0.4 is 5.32 Å². The van der Waals surface area contributed by atoms with Gasteiger partial charge in [0.15, 0.2) is 0 Å². The van der Waals surface area contributed by atoms with Gasteiger partial charge in [-0.25, -0.2) is 0 Å². The van der Waals surface area contributed by atoms with Gasteiger partial charge in [0.1, 0.15) is 0 Å². The van der Waals surface area contributed by atoms with Crippen molar-refractivity contribution in [3.63, 3.8) is 0 Å². The molecule has 16 heavy (non-hydrogen) atoms. The molecule has 1 atom stereocenters. The Bertz CT molecular complexity index is 428. The topological polar surface area (TPSA) is 61.7 Å². The van der Waals surface area contributed by atoms with Crippen LogP contribution in [0.4, 0.5) is 0 Å². The first kappa shape index (κ1) is 11.1. The van der Waals surface area contributed by atoms with Crippen LogP contribution in [0.3, 0.4) is 0 Å². The van der Waals surface area contributed by atoms with E-state index in [0.29, 0.717) is 18.6 Å². The molecule has 2 rings (SSSR count). The Morgan fingerprint density at radius 1 is 1.31 bits per heavy atom. The van der Waals surface area contributed by atoms with E-state index in [1.807, 2.05) is 24.3 Å². The highest BCUT2D eigenvalue weighted by molar-refractivity contribution is 9.10. The van der Waals surface area contributed by atoms with Gasteiger partial charge in [-0.2, -0.15) is 0 Å². The van der Waals surface area contributed by atoms with Gasteiger partial charge in [-0.05, 0) is 17.7 Å². The molecular weight excluding hydrogens is 272 g/mol. The molecule has 0 radical (unpaired) electrons. The summed E-state index contributed by atoms with van der Waals surface area (Å²) < 4.78 is 0.973. The largest absolute Gasteiger partial charge is 0.411 e. The molecule has 5 heteroatoms. The number of hydrogen-bond donors (Lipinski definition) is 2. The van der Waals surface area contributed by atoms with Crippen LogP contribution in [0, 0.1) is 0 Å². The Balaban J connectivity index is 2.29. The average Bonchev–Trinajstić information content (AvgIpc) is 2.30. The van der Waals surface area contributed by atoms with Crippen molar-refractivity contribution >= 4 is 27.5 Å². The normalized spacial score (nSPS) is 23.2. The molecule has 0 aromatic heterocycles. The molecule has 0 aliphatic carbocycles. The molecule has 1 amide bonds. The molecule has 0 bridgehead atoms. The predicted octanol–water partition coefficient (Wildman–Crippen LogP) is 2.23. The molecule has 1 aliphatic rings. The van der Waals surface area contributed by atoms with Gasteiger partial charge in [0, 0.05) is 17.3 Å². The summed E-state index contributed by atoms with van der Waals surface area (Å²) >= 11 is 3.35. The Morgan fingerprint density at radius 2 is 2.00 bits per heavy atom. The zero-order chi connectivity index (χ0) is 11.5. The van der Waals surface area contributed by atoms with E-state index >= 15 is 0 Å². The van der Waals surface area contributed by atoms with E-state index < -0.39 is 0 Å². The number of rotatable bonds is 1. The highest BCUT2D eigenvalue weighted by Crippen LogP contribution is 2.23. The third-order valence-corrected chi connectivity index (χ3v) is 3.11. The van der Waals surface area contributed by atoms with Crippen molar-refractivity contribution in [3.05, 3.63) is 34.3 Å². The lowest BCUT2D eigenvalue weighted by Gasteiger charge is -2.24. The number of oxime groups is 1. The van der Waals surface area contributed by atoms with E-state index in [9.17, 15) is 4.79 Å². The van der Waals surface area contributed by atoms with Gasteiger partial charge >= 0.3 is 0 Å². The second-order valence-electron chi connectivity index (χ2n) is 3.64. The van der Waals surface area contributed by atoms with Crippen molar-refractivity contribution < 1.29 is 10.0 Å². The molecule has 4 nitrogen and oxygen atoms in total. The second-order valence-corrected chi connectivity index (χ2v) is 4.56. The summed E-state index contributed by atoms with van der Waals surface area (Å²) in [6.45, 7) is 0. The van der Waals surface area contributed by atoms with Crippen LogP contribution in [0.15, 0.2) is 33.9 Å². The average molecular weight is 283 g/mol. The van der Waals surface area contributed by atoms with Crippen molar-refractivity contribution in [1.82, 2.24) is 5.32 Å². The third kappa shape index (κ3) is 2.24. The summed E-state index contributed by atoms with van der Waals surface area (Å²) in [4.78, 5) is 11.3. The van der Waals surface area contributed by atoms with Crippen LogP contribution in [-0.2, 0) is 4.79 Å². The number of amides is 1. The first-order chi connectivity index (χ1) is 7.70. The number of carbonyl (C=O) groups excluding carboxylic acids is 1. The Hall–Kier alpha value is -1.36. The SMILES string of the molecule is O=C1CC/C(=N\O)C(c2ccc(Br)cc2)N1. The van der Waals surface area contributed by atoms with E-state index in [0.717, 1.165) is 10.0 Å². The maximum atomic E-state index is 11.3. The number of nitrogens with one attached hydrogen (secondary N) is 1. The number of nitrogens with zero attached hydrogens (tertiary/aromatic N) is 1. The Kier molecular flexibility index (Phi) is 3.24. The lowest BCUT2D eigenvalue weighted by molar-refractivity contribution is -0.121. The summed E-state index contributed by atoms with van der Waals surface area (Å²) in [5, 5.41) is 15.0. The molecule has 1 aliphatic heterocycles. The third-order valence-electron chi connectivity index (χ3n) is 2.58. The summed E-state index contributed by atoms with van der Waals surface area (Å²) in [6, 6.07) is 7.27. The van der Waals surface area contributed by atoms with Crippen LogP contribution in [0.5, 0.6) is 0 Å².